The van der Waals surface area contributed by atoms with E-state index in [-0.39, 0.29) is 0 Å². The first kappa shape index (κ1) is 20.9. The predicted molar refractivity (Wildman–Crippen MR) is 148 cm³/mol. The zero-order chi connectivity index (χ0) is 24.8. The summed E-state index contributed by atoms with van der Waals surface area (Å²) in [6.45, 7) is 5.21. The van der Waals surface area contributed by atoms with Crippen molar-refractivity contribution in [2.24, 2.45) is 0 Å². The first-order valence-electron chi connectivity index (χ1n) is 13.2. The lowest BCUT2D eigenvalue weighted by Crippen LogP contribution is -2.59. The first-order valence-corrected chi connectivity index (χ1v) is 13.2. The third-order valence-corrected chi connectivity index (χ3v) is 9.04. The summed E-state index contributed by atoms with van der Waals surface area (Å²) in [7, 11) is 0. The molecule has 3 heteroatoms. The van der Waals surface area contributed by atoms with Crippen LogP contribution < -0.4 is 4.90 Å². The lowest BCUT2D eigenvalue weighted by molar-refractivity contribution is 0.358. The quantitative estimate of drug-likeness (QED) is 0.268. The maximum Gasteiger partial charge on any atom is 0.109 e. The summed E-state index contributed by atoms with van der Waals surface area (Å²) in [6.07, 6.45) is 1.00. The minimum absolute atomic E-state index is 0.474. The minimum atomic E-state index is -0.478. The summed E-state index contributed by atoms with van der Waals surface area (Å²) in [4.78, 5) is 2.69. The molecule has 3 nitrogen and oxygen atoms in total. The Kier molecular flexibility index (Phi) is 4.05. The van der Waals surface area contributed by atoms with Gasteiger partial charge >= 0.3 is 0 Å². The Labute approximate surface area is 217 Å². The van der Waals surface area contributed by atoms with Crippen molar-refractivity contribution >= 4 is 5.69 Å². The van der Waals surface area contributed by atoms with Crippen molar-refractivity contribution in [1.29, 1.82) is 0 Å². The third-order valence-electron chi connectivity index (χ3n) is 9.04. The van der Waals surface area contributed by atoms with Crippen LogP contribution in [0.25, 0.3) is 11.1 Å². The highest BCUT2D eigenvalue weighted by molar-refractivity contribution is 5.92. The van der Waals surface area contributed by atoms with E-state index in [2.05, 4.69) is 122 Å². The van der Waals surface area contributed by atoms with E-state index in [1.165, 1.54) is 50.2 Å². The number of hydrogen-bond acceptors (Lipinski definition) is 3. The first-order chi connectivity index (χ1) is 18.2. The molecular formula is C34H27N3. The Morgan fingerprint density at radius 3 is 1.89 bits per heavy atom. The van der Waals surface area contributed by atoms with E-state index < -0.39 is 11.0 Å². The second kappa shape index (κ2) is 7.17. The lowest BCUT2D eigenvalue weighted by atomic mass is 9.55. The summed E-state index contributed by atoms with van der Waals surface area (Å²) >= 11 is 0. The zero-order valence-corrected chi connectivity index (χ0v) is 21.1. The average Bonchev–Trinajstić information content (AvgIpc) is 3.42. The van der Waals surface area contributed by atoms with Crippen molar-refractivity contribution in [1.82, 2.24) is 10.2 Å². The SMILES string of the molecule is Cc1nnc(C)c2c1N1CCc3ccccc3C1(c1ccccc1)C21c2ccccc2-c2ccccc21. The van der Waals surface area contributed by atoms with Gasteiger partial charge in [-0.3, -0.25) is 0 Å². The molecular weight excluding hydrogens is 450 g/mol. The molecule has 0 saturated carbocycles. The second-order valence-electron chi connectivity index (χ2n) is 10.6. The fraction of sp³-hybridized carbons (Fsp3) is 0.176. The highest BCUT2D eigenvalue weighted by atomic mass is 15.3. The van der Waals surface area contributed by atoms with Gasteiger partial charge in [-0.15, -0.1) is 0 Å². The number of rotatable bonds is 1. The molecule has 2 aliphatic heterocycles. The van der Waals surface area contributed by atoms with Gasteiger partial charge in [0.05, 0.1) is 22.5 Å². The van der Waals surface area contributed by atoms with E-state index in [0.29, 0.717) is 0 Å². The molecule has 5 aromatic rings. The predicted octanol–water partition coefficient (Wildman–Crippen LogP) is 6.73. The van der Waals surface area contributed by atoms with E-state index in [1.807, 2.05) is 0 Å². The minimum Gasteiger partial charge on any atom is -0.354 e. The molecule has 0 bridgehead atoms. The van der Waals surface area contributed by atoms with Crippen LogP contribution in [0.15, 0.2) is 103 Å². The Hall–Kier alpha value is -4.24. The maximum atomic E-state index is 4.78. The summed E-state index contributed by atoms with van der Waals surface area (Å²) in [5, 5.41) is 9.47. The molecule has 4 aromatic carbocycles. The largest absolute Gasteiger partial charge is 0.354 e. The van der Waals surface area contributed by atoms with E-state index in [4.69, 9.17) is 10.2 Å². The third kappa shape index (κ3) is 2.25. The second-order valence-corrected chi connectivity index (χ2v) is 10.6. The van der Waals surface area contributed by atoms with Crippen molar-refractivity contribution in [2.75, 3.05) is 11.4 Å². The average molecular weight is 478 g/mol. The molecule has 0 saturated heterocycles. The molecule has 0 N–H and O–H groups in total. The van der Waals surface area contributed by atoms with Gasteiger partial charge in [0.25, 0.3) is 0 Å². The Balaban J connectivity index is 1.69. The highest BCUT2D eigenvalue weighted by Crippen LogP contribution is 2.71. The fourth-order valence-corrected chi connectivity index (χ4v) is 7.98. The normalized spacial score (nSPS) is 19.7. The van der Waals surface area contributed by atoms with Crippen LogP contribution in [0.4, 0.5) is 5.69 Å². The van der Waals surface area contributed by atoms with Gasteiger partial charge in [-0.2, -0.15) is 10.2 Å². The van der Waals surface area contributed by atoms with Gasteiger partial charge in [0, 0.05) is 12.1 Å². The van der Waals surface area contributed by atoms with E-state index in [1.54, 1.807) is 0 Å². The molecule has 1 spiro atoms. The Morgan fingerprint density at radius 2 is 1.19 bits per heavy atom. The van der Waals surface area contributed by atoms with Gasteiger partial charge in [0.1, 0.15) is 5.54 Å². The van der Waals surface area contributed by atoms with Crippen molar-refractivity contribution in [3.05, 3.63) is 148 Å². The number of benzene rings is 4. The van der Waals surface area contributed by atoms with Gasteiger partial charge in [-0.1, -0.05) is 103 Å². The molecule has 1 aliphatic carbocycles. The Morgan fingerprint density at radius 1 is 0.622 bits per heavy atom. The molecule has 8 rings (SSSR count). The summed E-state index contributed by atoms with van der Waals surface area (Å²) in [6, 6.07) is 38.4. The van der Waals surface area contributed by atoms with Crippen molar-refractivity contribution < 1.29 is 0 Å². The topological polar surface area (TPSA) is 29.0 Å². The molecule has 37 heavy (non-hydrogen) atoms. The van der Waals surface area contributed by atoms with Gasteiger partial charge in [0.15, 0.2) is 0 Å². The molecule has 3 aliphatic rings. The number of nitrogens with zero attached hydrogens (tertiary/aromatic N) is 3. The van der Waals surface area contributed by atoms with Crippen LogP contribution in [0.2, 0.25) is 0 Å². The molecule has 0 radical (unpaired) electrons. The van der Waals surface area contributed by atoms with Crippen molar-refractivity contribution in [3.8, 4) is 11.1 Å². The number of fused-ring (bicyclic) bond motifs is 12. The van der Waals surface area contributed by atoms with E-state index in [9.17, 15) is 0 Å². The molecule has 1 unspecified atom stereocenters. The maximum absolute atomic E-state index is 4.78. The molecule has 1 atom stereocenters. The van der Waals surface area contributed by atoms with Crippen LogP contribution in [-0.2, 0) is 17.4 Å². The lowest BCUT2D eigenvalue weighted by Gasteiger charge is -2.54. The summed E-state index contributed by atoms with van der Waals surface area (Å²) < 4.78 is 0. The number of hydrogen-bond donors (Lipinski definition) is 0. The van der Waals surface area contributed by atoms with Crippen LogP contribution in [0.1, 0.15) is 44.8 Å². The van der Waals surface area contributed by atoms with Crippen molar-refractivity contribution in [2.45, 2.75) is 31.2 Å². The number of aromatic nitrogens is 2. The summed E-state index contributed by atoms with van der Waals surface area (Å²) in [5.74, 6) is 0. The molecule has 0 fully saturated rings. The molecule has 178 valence electrons. The van der Waals surface area contributed by atoms with Gasteiger partial charge in [-0.05, 0) is 59.2 Å². The van der Waals surface area contributed by atoms with Crippen LogP contribution in [0.3, 0.4) is 0 Å². The Bertz CT molecular complexity index is 1680. The standard InChI is InChI=1S/C34H27N3/c1-22-31-32(23(2)36-35-22)37-21-20-24-12-6-9-17-28(24)34(37,25-13-4-3-5-14-25)33(31)29-18-10-7-15-26(29)27-16-8-11-19-30(27)33/h3-19H,20-21H2,1-2H3. The highest BCUT2D eigenvalue weighted by Gasteiger charge is 2.70. The zero-order valence-electron chi connectivity index (χ0n) is 21.1. The number of aryl methyl sites for hydroxylation is 2. The molecule has 3 heterocycles. The smallest absolute Gasteiger partial charge is 0.109 e. The van der Waals surface area contributed by atoms with Gasteiger partial charge in [0.2, 0.25) is 0 Å². The van der Waals surface area contributed by atoms with Crippen LogP contribution >= 0.6 is 0 Å². The van der Waals surface area contributed by atoms with E-state index >= 15 is 0 Å². The molecule has 0 amide bonds. The van der Waals surface area contributed by atoms with E-state index in [0.717, 1.165) is 24.4 Å². The number of anilines is 1. The monoisotopic (exact) mass is 477 g/mol. The van der Waals surface area contributed by atoms with Crippen LogP contribution in [-0.4, -0.2) is 16.7 Å². The van der Waals surface area contributed by atoms with Crippen molar-refractivity contribution in [3.63, 3.8) is 0 Å². The van der Waals surface area contributed by atoms with Gasteiger partial charge < -0.3 is 4.90 Å². The van der Waals surface area contributed by atoms with Crippen LogP contribution in [0.5, 0.6) is 0 Å². The fourth-order valence-electron chi connectivity index (χ4n) is 7.98. The molecule has 1 aromatic heterocycles. The van der Waals surface area contributed by atoms with Gasteiger partial charge in [-0.25, -0.2) is 0 Å². The summed E-state index contributed by atoms with van der Waals surface area (Å²) in [5.41, 5.74) is 13.1. The van der Waals surface area contributed by atoms with Crippen LogP contribution in [0, 0.1) is 13.8 Å².